The Morgan fingerprint density at radius 3 is 2.78 bits per heavy atom. The molecule has 4 aromatic rings. The van der Waals surface area contributed by atoms with Crippen LogP contribution in [0.3, 0.4) is 0 Å². The van der Waals surface area contributed by atoms with E-state index in [2.05, 4.69) is 20.5 Å². The monoisotopic (exact) mass is 378 g/mol. The van der Waals surface area contributed by atoms with Gasteiger partial charge in [-0.2, -0.15) is 0 Å². The first-order valence-electron chi connectivity index (χ1n) is 8.50. The molecule has 0 unspecified atom stereocenters. The Kier molecular flexibility index (Phi) is 4.88. The molecule has 2 heterocycles. The van der Waals surface area contributed by atoms with Gasteiger partial charge in [0.15, 0.2) is 5.16 Å². The van der Waals surface area contributed by atoms with Crippen LogP contribution in [0.25, 0.3) is 16.7 Å². The van der Waals surface area contributed by atoms with Gasteiger partial charge >= 0.3 is 0 Å². The summed E-state index contributed by atoms with van der Waals surface area (Å²) in [5, 5.41) is 11.6. The summed E-state index contributed by atoms with van der Waals surface area (Å²) in [4.78, 5) is 16.8. The minimum Gasteiger partial charge on any atom is -0.351 e. The summed E-state index contributed by atoms with van der Waals surface area (Å²) in [6.45, 7) is 0.548. The van der Waals surface area contributed by atoms with Crippen molar-refractivity contribution in [2.75, 3.05) is 12.3 Å². The van der Waals surface area contributed by atoms with Crippen LogP contribution in [-0.4, -0.2) is 42.5 Å². The molecular weight excluding hydrogens is 360 g/mol. The summed E-state index contributed by atoms with van der Waals surface area (Å²) < 4.78 is 3.86. The van der Waals surface area contributed by atoms with Crippen molar-refractivity contribution < 1.29 is 4.79 Å². The Balaban J connectivity index is 1.41. The second kappa shape index (κ2) is 7.63. The van der Waals surface area contributed by atoms with E-state index in [1.807, 2.05) is 64.7 Å². The molecule has 1 amide bonds. The first kappa shape index (κ1) is 17.3. The number of fused-ring (bicyclic) bond motifs is 1. The first-order chi connectivity index (χ1) is 13.2. The number of aromatic nitrogens is 5. The lowest BCUT2D eigenvalue weighted by Crippen LogP contribution is -2.25. The van der Waals surface area contributed by atoms with Crippen LogP contribution in [0, 0.1) is 0 Å². The van der Waals surface area contributed by atoms with Crippen LogP contribution in [0.15, 0.2) is 66.3 Å². The smallest absolute Gasteiger partial charge is 0.251 e. The average molecular weight is 378 g/mol. The molecule has 0 saturated carbocycles. The van der Waals surface area contributed by atoms with E-state index in [0.29, 0.717) is 12.1 Å². The van der Waals surface area contributed by atoms with Crippen molar-refractivity contribution in [3.05, 3.63) is 66.7 Å². The minimum absolute atomic E-state index is 0.107. The summed E-state index contributed by atoms with van der Waals surface area (Å²) in [7, 11) is 1.89. The van der Waals surface area contributed by atoms with Gasteiger partial charge in [0, 0.05) is 30.6 Å². The van der Waals surface area contributed by atoms with Crippen molar-refractivity contribution in [1.29, 1.82) is 0 Å². The fraction of sp³-hybridized carbons (Fsp3) is 0.158. The van der Waals surface area contributed by atoms with Crippen molar-refractivity contribution >= 4 is 28.7 Å². The van der Waals surface area contributed by atoms with Crippen molar-refractivity contribution in [3.63, 3.8) is 0 Å². The third kappa shape index (κ3) is 3.70. The number of para-hydroxylation sites is 1. The van der Waals surface area contributed by atoms with Gasteiger partial charge in [-0.3, -0.25) is 9.36 Å². The average Bonchev–Trinajstić information content (AvgIpc) is 3.31. The van der Waals surface area contributed by atoms with Gasteiger partial charge in [-0.1, -0.05) is 30.0 Å². The van der Waals surface area contributed by atoms with E-state index in [0.717, 1.165) is 27.6 Å². The summed E-state index contributed by atoms with van der Waals surface area (Å²) in [5.74, 6) is 0.619. The molecule has 0 fully saturated rings. The third-order valence-electron chi connectivity index (χ3n) is 4.13. The fourth-order valence-electron chi connectivity index (χ4n) is 2.76. The second-order valence-corrected chi connectivity index (χ2v) is 7.04. The molecule has 0 aliphatic heterocycles. The van der Waals surface area contributed by atoms with Gasteiger partial charge < -0.3 is 9.88 Å². The van der Waals surface area contributed by atoms with Crippen molar-refractivity contribution in [1.82, 2.24) is 29.6 Å². The zero-order valence-corrected chi connectivity index (χ0v) is 15.6. The Bertz CT molecular complexity index is 1070. The highest BCUT2D eigenvalue weighted by Crippen LogP contribution is 2.19. The predicted octanol–water partition coefficient (Wildman–Crippen LogP) is 2.68. The molecule has 7 nitrogen and oxygen atoms in total. The summed E-state index contributed by atoms with van der Waals surface area (Å²) in [6, 6.07) is 15.6. The molecule has 4 rings (SSSR count). The summed E-state index contributed by atoms with van der Waals surface area (Å²) in [6.07, 6.45) is 3.43. The van der Waals surface area contributed by atoms with E-state index in [-0.39, 0.29) is 5.91 Å². The van der Waals surface area contributed by atoms with E-state index in [1.54, 1.807) is 24.4 Å². The third-order valence-corrected chi connectivity index (χ3v) is 5.17. The maximum atomic E-state index is 12.4. The fourth-order valence-corrected chi connectivity index (χ4v) is 3.50. The number of aryl methyl sites for hydroxylation is 1. The maximum absolute atomic E-state index is 12.4. The molecule has 2 aromatic heterocycles. The molecule has 27 heavy (non-hydrogen) atoms. The first-order valence-corrected chi connectivity index (χ1v) is 9.48. The second-order valence-electron chi connectivity index (χ2n) is 5.98. The van der Waals surface area contributed by atoms with Gasteiger partial charge in [-0.15, -0.1) is 10.2 Å². The van der Waals surface area contributed by atoms with Crippen molar-refractivity contribution in [3.8, 4) is 5.69 Å². The van der Waals surface area contributed by atoms with Gasteiger partial charge in [-0.05, 0) is 30.3 Å². The lowest BCUT2D eigenvalue weighted by molar-refractivity contribution is 0.0956. The normalized spacial score (nSPS) is 11.0. The van der Waals surface area contributed by atoms with Crippen molar-refractivity contribution in [2.45, 2.75) is 5.16 Å². The van der Waals surface area contributed by atoms with Crippen LogP contribution in [0.1, 0.15) is 10.4 Å². The number of carbonyl (C=O) groups excluding carboxylic acids is 1. The van der Waals surface area contributed by atoms with E-state index in [4.69, 9.17) is 0 Å². The van der Waals surface area contributed by atoms with Gasteiger partial charge in [0.2, 0.25) is 0 Å². The molecule has 0 aliphatic carbocycles. The van der Waals surface area contributed by atoms with Gasteiger partial charge in [0.25, 0.3) is 5.91 Å². The SMILES string of the molecule is Cn1cnnc1SCCNC(=O)c1ccc2c(c1)ncn2-c1ccccc1. The Morgan fingerprint density at radius 1 is 1.15 bits per heavy atom. The Morgan fingerprint density at radius 2 is 2.00 bits per heavy atom. The lowest BCUT2D eigenvalue weighted by Gasteiger charge is -2.06. The number of hydrogen-bond donors (Lipinski definition) is 1. The highest BCUT2D eigenvalue weighted by molar-refractivity contribution is 7.99. The van der Waals surface area contributed by atoms with Gasteiger partial charge in [-0.25, -0.2) is 4.98 Å². The summed E-state index contributed by atoms with van der Waals surface area (Å²) in [5.41, 5.74) is 3.40. The van der Waals surface area contributed by atoms with Crippen LogP contribution in [0.4, 0.5) is 0 Å². The molecule has 8 heteroatoms. The van der Waals surface area contributed by atoms with E-state index in [9.17, 15) is 4.79 Å². The number of nitrogens with zero attached hydrogens (tertiary/aromatic N) is 5. The van der Waals surface area contributed by atoms with Crippen LogP contribution in [0.5, 0.6) is 0 Å². The molecule has 0 atom stereocenters. The molecule has 0 bridgehead atoms. The maximum Gasteiger partial charge on any atom is 0.251 e. The number of thioether (sulfide) groups is 1. The highest BCUT2D eigenvalue weighted by atomic mass is 32.2. The zero-order valence-electron chi connectivity index (χ0n) is 14.7. The number of carbonyl (C=O) groups is 1. The zero-order chi connectivity index (χ0) is 18.6. The molecule has 0 spiro atoms. The standard InChI is InChI=1S/C19H18N6OS/c1-24-13-22-23-19(24)27-10-9-20-18(26)14-7-8-17-16(11-14)21-12-25(17)15-5-3-2-4-6-15/h2-8,11-13H,9-10H2,1H3,(H,20,26). The molecule has 0 radical (unpaired) electrons. The van der Waals surface area contributed by atoms with E-state index >= 15 is 0 Å². The number of imidazole rings is 1. The van der Waals surface area contributed by atoms with E-state index in [1.165, 1.54) is 0 Å². The van der Waals surface area contributed by atoms with Crippen LogP contribution in [0.2, 0.25) is 0 Å². The number of hydrogen-bond acceptors (Lipinski definition) is 5. The quantitative estimate of drug-likeness (QED) is 0.412. The highest BCUT2D eigenvalue weighted by Gasteiger charge is 2.10. The Labute approximate surface area is 160 Å². The molecule has 0 saturated heterocycles. The van der Waals surface area contributed by atoms with Crippen LogP contribution >= 0.6 is 11.8 Å². The van der Waals surface area contributed by atoms with Gasteiger partial charge in [0.1, 0.15) is 12.7 Å². The summed E-state index contributed by atoms with van der Waals surface area (Å²) >= 11 is 1.55. The topological polar surface area (TPSA) is 77.6 Å². The molecule has 0 aliphatic rings. The lowest BCUT2D eigenvalue weighted by atomic mass is 10.2. The Hall–Kier alpha value is -3.13. The number of amides is 1. The number of nitrogens with one attached hydrogen (secondary N) is 1. The molecule has 2 aromatic carbocycles. The molecule has 1 N–H and O–H groups in total. The number of rotatable bonds is 6. The minimum atomic E-state index is -0.107. The van der Waals surface area contributed by atoms with Crippen molar-refractivity contribution in [2.24, 2.45) is 7.05 Å². The molecule has 136 valence electrons. The predicted molar refractivity (Wildman–Crippen MR) is 105 cm³/mol. The van der Waals surface area contributed by atoms with E-state index < -0.39 is 0 Å². The number of benzene rings is 2. The molecular formula is C19H18N6OS. The van der Waals surface area contributed by atoms with Gasteiger partial charge in [0.05, 0.1) is 11.0 Å². The van der Waals surface area contributed by atoms with Crippen LogP contribution in [-0.2, 0) is 7.05 Å². The van der Waals surface area contributed by atoms with Crippen LogP contribution < -0.4 is 5.32 Å². The largest absolute Gasteiger partial charge is 0.351 e.